The summed E-state index contributed by atoms with van der Waals surface area (Å²) in [6.07, 6.45) is 0.599. The molecule has 170 valence electrons. The zero-order valence-corrected chi connectivity index (χ0v) is 18.7. The minimum absolute atomic E-state index is 0.0234. The Labute approximate surface area is 190 Å². The lowest BCUT2D eigenvalue weighted by atomic mass is 10.1. The molecule has 0 aromatic heterocycles. The highest BCUT2D eigenvalue weighted by atomic mass is 32.2. The lowest BCUT2D eigenvalue weighted by Crippen LogP contribution is -2.35. The predicted molar refractivity (Wildman–Crippen MR) is 123 cm³/mol. The average molecular weight is 468 g/mol. The monoisotopic (exact) mass is 467 g/mol. The number of ether oxygens (including phenoxy) is 1. The first-order chi connectivity index (χ1) is 15.7. The minimum atomic E-state index is -3.92. The van der Waals surface area contributed by atoms with Crippen molar-refractivity contribution in [2.45, 2.75) is 24.3 Å². The molecule has 10 heteroatoms. The van der Waals surface area contributed by atoms with Crippen LogP contribution in [-0.4, -0.2) is 32.4 Å². The van der Waals surface area contributed by atoms with Gasteiger partial charge in [-0.25, -0.2) is 8.42 Å². The maximum atomic E-state index is 13.5. The van der Waals surface area contributed by atoms with Gasteiger partial charge < -0.3 is 10.1 Å². The van der Waals surface area contributed by atoms with E-state index >= 15 is 0 Å². The maximum absolute atomic E-state index is 13.5. The van der Waals surface area contributed by atoms with Crippen LogP contribution in [0.2, 0.25) is 0 Å². The van der Waals surface area contributed by atoms with Crippen LogP contribution in [0.3, 0.4) is 0 Å². The van der Waals surface area contributed by atoms with Crippen LogP contribution in [0.15, 0.2) is 71.6 Å². The number of anilines is 2. The first kappa shape index (κ1) is 22.3. The van der Waals surface area contributed by atoms with Gasteiger partial charge in [-0.1, -0.05) is 24.3 Å². The summed E-state index contributed by atoms with van der Waals surface area (Å²) >= 11 is 0. The van der Waals surface area contributed by atoms with Crippen molar-refractivity contribution in [3.8, 4) is 5.75 Å². The zero-order chi connectivity index (χ0) is 23.8. The number of hydrogen-bond donors (Lipinski definition) is 1. The van der Waals surface area contributed by atoms with Crippen LogP contribution in [0.25, 0.3) is 0 Å². The highest BCUT2D eigenvalue weighted by molar-refractivity contribution is 7.92. The van der Waals surface area contributed by atoms with E-state index in [4.69, 9.17) is 4.74 Å². The van der Waals surface area contributed by atoms with Gasteiger partial charge >= 0.3 is 0 Å². The number of carbonyl (C=O) groups excluding carboxylic acids is 1. The second-order valence-electron chi connectivity index (χ2n) is 7.61. The number of benzene rings is 3. The number of nitro benzene ring substituents is 1. The zero-order valence-electron chi connectivity index (χ0n) is 17.9. The van der Waals surface area contributed by atoms with Gasteiger partial charge in [0.05, 0.1) is 28.3 Å². The van der Waals surface area contributed by atoms with E-state index in [0.717, 1.165) is 5.56 Å². The Kier molecular flexibility index (Phi) is 5.77. The van der Waals surface area contributed by atoms with Gasteiger partial charge in [-0.3, -0.25) is 19.2 Å². The molecule has 1 aliphatic heterocycles. The molecule has 0 saturated carbocycles. The fourth-order valence-electron chi connectivity index (χ4n) is 3.92. The molecule has 0 spiro atoms. The van der Waals surface area contributed by atoms with E-state index in [0.29, 0.717) is 12.1 Å². The SMILES string of the molecule is COc1ccc([N+](=O)[O-])cc1NC(=O)c1cccc(S(=O)(=O)N2c3ccccc3CC2C)c1. The van der Waals surface area contributed by atoms with Crippen LogP contribution in [0, 0.1) is 10.1 Å². The molecule has 0 aliphatic carbocycles. The van der Waals surface area contributed by atoms with Crippen LogP contribution in [-0.2, 0) is 16.4 Å². The van der Waals surface area contributed by atoms with E-state index < -0.39 is 20.9 Å². The number of carbonyl (C=O) groups is 1. The number of amides is 1. The largest absolute Gasteiger partial charge is 0.495 e. The van der Waals surface area contributed by atoms with E-state index in [-0.39, 0.29) is 33.6 Å². The van der Waals surface area contributed by atoms with Crippen LogP contribution < -0.4 is 14.4 Å². The van der Waals surface area contributed by atoms with Crippen LogP contribution in [0.5, 0.6) is 5.75 Å². The average Bonchev–Trinajstić information content (AvgIpc) is 3.15. The van der Waals surface area contributed by atoms with Gasteiger partial charge in [0.2, 0.25) is 0 Å². The number of fused-ring (bicyclic) bond motifs is 1. The van der Waals surface area contributed by atoms with E-state index in [1.165, 1.54) is 53.9 Å². The standard InChI is InChI=1S/C23H21N3O6S/c1-15-12-16-6-3-4-9-21(16)25(15)33(30,31)19-8-5-7-17(13-19)23(27)24-20-14-18(26(28)29)10-11-22(20)32-2/h3-11,13-15H,12H2,1-2H3,(H,24,27). The molecular formula is C23H21N3O6S. The van der Waals surface area contributed by atoms with Gasteiger partial charge in [-0.2, -0.15) is 0 Å². The van der Waals surface area contributed by atoms with Crippen LogP contribution in [0.4, 0.5) is 17.1 Å². The van der Waals surface area contributed by atoms with Gasteiger partial charge in [0.1, 0.15) is 5.75 Å². The van der Waals surface area contributed by atoms with Gasteiger partial charge in [-0.15, -0.1) is 0 Å². The normalized spacial score (nSPS) is 15.1. The topological polar surface area (TPSA) is 119 Å². The Morgan fingerprint density at radius 3 is 2.61 bits per heavy atom. The molecule has 1 amide bonds. The molecule has 0 radical (unpaired) electrons. The second-order valence-corrected chi connectivity index (χ2v) is 9.42. The van der Waals surface area contributed by atoms with E-state index in [1.54, 1.807) is 12.1 Å². The molecule has 0 bridgehead atoms. The van der Waals surface area contributed by atoms with Crippen molar-refractivity contribution in [3.05, 3.63) is 88.0 Å². The van der Waals surface area contributed by atoms with Crippen molar-refractivity contribution in [1.82, 2.24) is 0 Å². The molecule has 1 atom stereocenters. The summed E-state index contributed by atoms with van der Waals surface area (Å²) < 4.78 is 33.5. The Balaban J connectivity index is 1.66. The number of hydrogen-bond acceptors (Lipinski definition) is 6. The number of non-ortho nitro benzene ring substituents is 1. The number of para-hydroxylation sites is 1. The number of nitrogens with one attached hydrogen (secondary N) is 1. The third kappa shape index (κ3) is 4.12. The summed E-state index contributed by atoms with van der Waals surface area (Å²) in [6, 6.07) is 16.6. The summed E-state index contributed by atoms with van der Waals surface area (Å²) in [6.45, 7) is 1.84. The van der Waals surface area contributed by atoms with Crippen molar-refractivity contribution in [2.75, 3.05) is 16.7 Å². The third-order valence-electron chi connectivity index (χ3n) is 5.44. The van der Waals surface area contributed by atoms with E-state index in [9.17, 15) is 23.3 Å². The molecule has 33 heavy (non-hydrogen) atoms. The summed E-state index contributed by atoms with van der Waals surface area (Å²) in [4.78, 5) is 23.4. The third-order valence-corrected chi connectivity index (χ3v) is 7.36. The number of sulfonamides is 1. The molecule has 1 aliphatic rings. The van der Waals surface area contributed by atoms with Crippen molar-refractivity contribution < 1.29 is 22.9 Å². The molecule has 3 aromatic rings. The molecule has 4 rings (SSSR count). The van der Waals surface area contributed by atoms with Gasteiger partial charge in [-0.05, 0) is 49.2 Å². The number of methoxy groups -OCH3 is 1. The molecule has 9 nitrogen and oxygen atoms in total. The summed E-state index contributed by atoms with van der Waals surface area (Å²) in [5.74, 6) is -0.388. The van der Waals surface area contributed by atoms with Gasteiger partial charge in [0.25, 0.3) is 21.6 Å². The fourth-order valence-corrected chi connectivity index (χ4v) is 5.66. The quantitative estimate of drug-likeness (QED) is 0.432. The van der Waals surface area contributed by atoms with Gasteiger partial charge in [0.15, 0.2) is 0 Å². The second kappa shape index (κ2) is 8.55. The van der Waals surface area contributed by atoms with Crippen LogP contribution in [0.1, 0.15) is 22.8 Å². The Hall–Kier alpha value is -3.92. The predicted octanol–water partition coefficient (Wildman–Crippen LogP) is 4.00. The lowest BCUT2D eigenvalue weighted by molar-refractivity contribution is -0.384. The van der Waals surface area contributed by atoms with E-state index in [2.05, 4.69) is 5.32 Å². The minimum Gasteiger partial charge on any atom is -0.495 e. The Morgan fingerprint density at radius 2 is 1.88 bits per heavy atom. The summed E-state index contributed by atoms with van der Waals surface area (Å²) in [7, 11) is -2.55. The number of nitro groups is 1. The summed E-state index contributed by atoms with van der Waals surface area (Å²) in [5, 5.41) is 13.7. The fraction of sp³-hybridized carbons (Fsp3) is 0.174. The Morgan fingerprint density at radius 1 is 1.12 bits per heavy atom. The van der Waals surface area contributed by atoms with Crippen molar-refractivity contribution in [1.29, 1.82) is 0 Å². The number of rotatable bonds is 6. The summed E-state index contributed by atoms with van der Waals surface area (Å²) in [5.41, 5.74) is 1.54. The molecule has 0 fully saturated rings. The molecule has 1 unspecified atom stereocenters. The van der Waals surface area contributed by atoms with Crippen LogP contribution >= 0.6 is 0 Å². The first-order valence-corrected chi connectivity index (χ1v) is 11.5. The van der Waals surface area contributed by atoms with E-state index in [1.807, 2.05) is 19.1 Å². The lowest BCUT2D eigenvalue weighted by Gasteiger charge is -2.24. The molecule has 1 heterocycles. The molecule has 0 saturated heterocycles. The smallest absolute Gasteiger partial charge is 0.271 e. The number of nitrogens with zero attached hydrogens (tertiary/aromatic N) is 2. The maximum Gasteiger partial charge on any atom is 0.271 e. The highest BCUT2D eigenvalue weighted by Crippen LogP contribution is 2.36. The highest BCUT2D eigenvalue weighted by Gasteiger charge is 2.36. The van der Waals surface area contributed by atoms with Crippen molar-refractivity contribution in [2.24, 2.45) is 0 Å². The first-order valence-electron chi connectivity index (χ1n) is 10.1. The molecule has 1 N–H and O–H groups in total. The van der Waals surface area contributed by atoms with Gasteiger partial charge in [0, 0.05) is 23.7 Å². The molecule has 3 aromatic carbocycles. The Bertz CT molecular complexity index is 1360. The van der Waals surface area contributed by atoms with Crippen molar-refractivity contribution in [3.63, 3.8) is 0 Å². The van der Waals surface area contributed by atoms with Crippen molar-refractivity contribution >= 4 is 33.0 Å². The molecular weight excluding hydrogens is 446 g/mol.